The lowest BCUT2D eigenvalue weighted by Gasteiger charge is -2.32. The predicted octanol–water partition coefficient (Wildman–Crippen LogP) is 2.78. The Morgan fingerprint density at radius 1 is 0.729 bits per heavy atom. The lowest BCUT2D eigenvalue weighted by molar-refractivity contribution is -0.139. The van der Waals surface area contributed by atoms with Crippen LogP contribution in [0.2, 0.25) is 0 Å². The topological polar surface area (TPSA) is 179 Å². The standard InChI is InChI=1S/C42H58F2N10O5/c1-22(2)35(49-39(56)24(5)45-7)41(58)51-15-9-10-28(51)19-53-33-13-11-26(43)16-31(33)47-37(53)38-48-32-17-27(44)12-14-34(32)54(38)20-29-18-30(55)21-52(29)42(59)36(23(3)4)50-40(57)25(6)46-8/h11-14,16-17,22-25,28-30,35-36,45-46,55H,9-10,15,18-21H2,1-8H3,(H,49,56)(H,50,57)/t24-,25-,28+,29+,30?,35-,36-/m1/s1. The number of likely N-dealkylation sites (tertiary alicyclic amines) is 2. The van der Waals surface area contributed by atoms with E-state index < -0.39 is 47.9 Å². The summed E-state index contributed by atoms with van der Waals surface area (Å²) in [4.78, 5) is 67.5. The van der Waals surface area contributed by atoms with E-state index >= 15 is 0 Å². The highest BCUT2D eigenvalue weighted by molar-refractivity contribution is 5.91. The number of nitrogens with zero attached hydrogens (tertiary/aromatic N) is 6. The van der Waals surface area contributed by atoms with Crippen LogP contribution >= 0.6 is 0 Å². The number of amides is 4. The van der Waals surface area contributed by atoms with Crippen LogP contribution in [0.4, 0.5) is 8.78 Å². The number of aliphatic hydroxyl groups excluding tert-OH is 1. The second kappa shape index (κ2) is 18.1. The molecule has 0 saturated carbocycles. The number of likely N-dealkylation sites (N-methyl/N-ethyl adjacent to an activating group) is 2. The molecule has 4 heterocycles. The predicted molar refractivity (Wildman–Crippen MR) is 220 cm³/mol. The minimum absolute atomic E-state index is 0.0514. The van der Waals surface area contributed by atoms with E-state index in [1.807, 2.05) is 36.8 Å². The number of fused-ring (bicyclic) bond motifs is 2. The minimum Gasteiger partial charge on any atom is -0.391 e. The molecule has 0 aliphatic carbocycles. The Bertz CT molecular complexity index is 2190. The summed E-state index contributed by atoms with van der Waals surface area (Å²) in [5, 5.41) is 22.6. The molecule has 2 aliphatic rings. The number of rotatable bonds is 15. The van der Waals surface area contributed by atoms with Gasteiger partial charge in [-0.25, -0.2) is 18.7 Å². The average molecular weight is 821 g/mol. The fraction of sp³-hybridized carbons (Fsp3) is 0.571. The average Bonchev–Trinajstić information content (AvgIpc) is 3.98. The quantitative estimate of drug-likeness (QED) is 0.121. The van der Waals surface area contributed by atoms with Gasteiger partial charge < -0.3 is 45.3 Å². The molecular formula is C42H58F2N10O5. The van der Waals surface area contributed by atoms with Gasteiger partial charge in [-0.1, -0.05) is 27.7 Å². The van der Waals surface area contributed by atoms with Crippen molar-refractivity contribution in [2.24, 2.45) is 11.8 Å². The Morgan fingerprint density at radius 3 is 1.64 bits per heavy atom. The maximum absolute atomic E-state index is 14.8. The van der Waals surface area contributed by atoms with Gasteiger partial charge in [0.15, 0.2) is 11.6 Å². The van der Waals surface area contributed by atoms with Crippen molar-refractivity contribution in [2.75, 3.05) is 27.2 Å². The Kier molecular flexibility index (Phi) is 13.4. The van der Waals surface area contributed by atoms with Gasteiger partial charge in [-0.2, -0.15) is 0 Å². The van der Waals surface area contributed by atoms with Gasteiger partial charge in [0.05, 0.1) is 46.3 Å². The van der Waals surface area contributed by atoms with Crippen molar-refractivity contribution < 1.29 is 33.1 Å². The summed E-state index contributed by atoms with van der Waals surface area (Å²) in [6.07, 6.45) is 0.797. The van der Waals surface area contributed by atoms with Gasteiger partial charge in [-0.15, -0.1) is 0 Å². The summed E-state index contributed by atoms with van der Waals surface area (Å²) in [5.74, 6) is -1.88. The largest absolute Gasteiger partial charge is 0.391 e. The SMILES string of the molecule is CN[C@H](C)C(=O)N[C@@H](C(=O)N1CCC[C@H]1Cn1c(-c2nc3cc(F)ccc3n2C[C@@H]2CC(O)CN2C(=O)[C@H](NC(=O)[C@@H](C)NC)C(C)C)nc2cc(F)ccc21)C(C)C. The summed E-state index contributed by atoms with van der Waals surface area (Å²) in [6.45, 7) is 11.8. The molecule has 0 radical (unpaired) electrons. The molecule has 2 aliphatic heterocycles. The van der Waals surface area contributed by atoms with Gasteiger partial charge in [0, 0.05) is 44.4 Å². The number of imidazole rings is 2. The normalized spacial score (nSPS) is 20.5. The molecule has 4 aromatic rings. The van der Waals surface area contributed by atoms with Crippen molar-refractivity contribution in [2.45, 2.75) is 116 Å². The zero-order valence-corrected chi connectivity index (χ0v) is 35.1. The van der Waals surface area contributed by atoms with Crippen LogP contribution in [0.1, 0.15) is 60.8 Å². The van der Waals surface area contributed by atoms with Crippen LogP contribution in [0, 0.1) is 23.5 Å². The molecule has 2 saturated heterocycles. The molecule has 59 heavy (non-hydrogen) atoms. The lowest BCUT2D eigenvalue weighted by atomic mass is 10.0. The third-order valence-corrected chi connectivity index (χ3v) is 11.9. The number of aliphatic hydroxyl groups is 1. The molecule has 1 unspecified atom stereocenters. The van der Waals surface area contributed by atoms with Gasteiger partial charge in [0.2, 0.25) is 23.6 Å². The van der Waals surface area contributed by atoms with Crippen molar-refractivity contribution >= 4 is 45.7 Å². The van der Waals surface area contributed by atoms with E-state index in [-0.39, 0.29) is 67.6 Å². The van der Waals surface area contributed by atoms with Crippen molar-refractivity contribution in [3.63, 3.8) is 0 Å². The number of hydrogen-bond acceptors (Lipinski definition) is 9. The second-order valence-electron chi connectivity index (χ2n) is 16.7. The molecule has 17 heteroatoms. The first-order valence-electron chi connectivity index (χ1n) is 20.6. The van der Waals surface area contributed by atoms with Crippen LogP contribution in [0.5, 0.6) is 0 Å². The second-order valence-corrected chi connectivity index (χ2v) is 16.7. The molecule has 5 N–H and O–H groups in total. The lowest BCUT2D eigenvalue weighted by Crippen LogP contribution is -2.55. The van der Waals surface area contributed by atoms with E-state index in [4.69, 9.17) is 9.97 Å². The van der Waals surface area contributed by atoms with E-state index in [2.05, 4.69) is 21.3 Å². The summed E-state index contributed by atoms with van der Waals surface area (Å²) in [5.41, 5.74) is 1.84. The molecule has 6 rings (SSSR count). The van der Waals surface area contributed by atoms with Crippen molar-refractivity contribution in [3.05, 3.63) is 48.0 Å². The number of benzene rings is 2. The van der Waals surface area contributed by atoms with Crippen molar-refractivity contribution in [1.29, 1.82) is 0 Å². The van der Waals surface area contributed by atoms with Gasteiger partial charge in [0.1, 0.15) is 23.7 Å². The Balaban J connectivity index is 1.40. The zero-order valence-electron chi connectivity index (χ0n) is 35.1. The van der Waals surface area contributed by atoms with Crippen molar-refractivity contribution in [3.8, 4) is 11.6 Å². The van der Waals surface area contributed by atoms with Crippen LogP contribution in [0.15, 0.2) is 36.4 Å². The third-order valence-electron chi connectivity index (χ3n) is 11.9. The van der Waals surface area contributed by atoms with Crippen LogP contribution in [-0.4, -0.2) is 127 Å². The van der Waals surface area contributed by atoms with Gasteiger partial charge in [-0.05, 0) is 83.3 Å². The highest BCUT2D eigenvalue weighted by Gasteiger charge is 2.41. The number of hydrogen-bond donors (Lipinski definition) is 5. The van der Waals surface area contributed by atoms with Crippen LogP contribution < -0.4 is 21.3 Å². The third kappa shape index (κ3) is 9.11. The maximum Gasteiger partial charge on any atom is 0.245 e. The van der Waals surface area contributed by atoms with Crippen LogP contribution in [0.25, 0.3) is 33.7 Å². The highest BCUT2D eigenvalue weighted by Crippen LogP contribution is 2.33. The van der Waals surface area contributed by atoms with E-state index in [0.717, 1.165) is 6.42 Å². The molecule has 4 amide bonds. The van der Waals surface area contributed by atoms with Gasteiger partial charge >= 0.3 is 0 Å². The first-order valence-corrected chi connectivity index (χ1v) is 20.6. The maximum atomic E-state index is 14.8. The number of β-amino-alcohol motifs (C(OH)–C–C–N with tert-alkyl or cyclic N) is 1. The molecule has 15 nitrogen and oxygen atoms in total. The molecule has 0 spiro atoms. The van der Waals surface area contributed by atoms with Crippen LogP contribution in [-0.2, 0) is 32.3 Å². The molecule has 2 aromatic carbocycles. The monoisotopic (exact) mass is 820 g/mol. The zero-order chi connectivity index (χ0) is 42.9. The van der Waals surface area contributed by atoms with E-state index in [1.165, 1.54) is 24.3 Å². The molecule has 7 atom stereocenters. The number of aromatic nitrogens is 4. The number of nitrogens with one attached hydrogen (secondary N) is 4. The summed E-state index contributed by atoms with van der Waals surface area (Å²) in [6, 6.07) is 5.05. The first kappa shape index (κ1) is 43.6. The summed E-state index contributed by atoms with van der Waals surface area (Å²) < 4.78 is 33.3. The van der Waals surface area contributed by atoms with Crippen LogP contribution in [0.3, 0.4) is 0 Å². The number of carbonyl (C=O) groups excluding carboxylic acids is 4. The van der Waals surface area contributed by atoms with Crippen molar-refractivity contribution in [1.82, 2.24) is 50.2 Å². The van der Waals surface area contributed by atoms with Gasteiger partial charge in [-0.3, -0.25) is 19.2 Å². The Labute approximate surface area is 343 Å². The van der Waals surface area contributed by atoms with E-state index in [1.54, 1.807) is 49.9 Å². The smallest absolute Gasteiger partial charge is 0.245 e. The Hall–Kier alpha value is -5.00. The van der Waals surface area contributed by atoms with E-state index in [0.29, 0.717) is 46.7 Å². The van der Waals surface area contributed by atoms with E-state index in [9.17, 15) is 33.1 Å². The molecule has 320 valence electrons. The first-order chi connectivity index (χ1) is 28.0. The fourth-order valence-corrected chi connectivity index (χ4v) is 8.19. The molecule has 2 fully saturated rings. The Morgan fingerprint density at radius 2 is 1.19 bits per heavy atom. The number of halogens is 2. The number of carbonyl (C=O) groups is 4. The summed E-state index contributed by atoms with van der Waals surface area (Å²) >= 11 is 0. The fourth-order valence-electron chi connectivity index (χ4n) is 8.19. The highest BCUT2D eigenvalue weighted by atomic mass is 19.1. The minimum atomic E-state index is -0.856. The molecule has 0 bridgehead atoms. The molecule has 2 aromatic heterocycles. The molecular weight excluding hydrogens is 763 g/mol. The summed E-state index contributed by atoms with van der Waals surface area (Å²) in [7, 11) is 3.34. The van der Waals surface area contributed by atoms with Gasteiger partial charge in [0.25, 0.3) is 0 Å².